The summed E-state index contributed by atoms with van der Waals surface area (Å²) in [7, 11) is 0. The highest BCUT2D eigenvalue weighted by atomic mass is 127. The summed E-state index contributed by atoms with van der Waals surface area (Å²) in [6.07, 6.45) is 14.8. The molecule has 0 aliphatic heterocycles. The van der Waals surface area contributed by atoms with Gasteiger partial charge in [0.05, 0.1) is 15.3 Å². The van der Waals surface area contributed by atoms with Crippen molar-refractivity contribution in [2.45, 2.75) is 74.7 Å². The van der Waals surface area contributed by atoms with Gasteiger partial charge in [0.1, 0.15) is 0 Å². The van der Waals surface area contributed by atoms with Crippen molar-refractivity contribution in [3.8, 4) is 11.1 Å². The molecule has 3 nitrogen and oxygen atoms in total. The summed E-state index contributed by atoms with van der Waals surface area (Å²) >= 11 is -0.679. The monoisotopic (exact) mass is 827 g/mol. The molecular formula is C51H46IN3. The van der Waals surface area contributed by atoms with E-state index in [9.17, 15) is 5.41 Å². The van der Waals surface area contributed by atoms with E-state index < -0.39 is 21.0 Å². The van der Waals surface area contributed by atoms with Gasteiger partial charge in [-0.3, -0.25) is 0 Å². The van der Waals surface area contributed by atoms with Crippen molar-refractivity contribution in [1.29, 1.82) is 5.41 Å². The predicted molar refractivity (Wildman–Crippen MR) is 239 cm³/mol. The number of rotatable bonds is 7. The van der Waals surface area contributed by atoms with Crippen LogP contribution in [0.25, 0.3) is 39.4 Å². The Kier molecular flexibility index (Phi) is 8.77. The predicted octanol–water partition coefficient (Wildman–Crippen LogP) is 13.8. The van der Waals surface area contributed by atoms with Gasteiger partial charge in [-0.25, -0.2) is 3.15 Å². The summed E-state index contributed by atoms with van der Waals surface area (Å²) in [5.74, 6) is 0. The van der Waals surface area contributed by atoms with Crippen LogP contribution in [-0.4, -0.2) is 10.3 Å². The summed E-state index contributed by atoms with van der Waals surface area (Å²) < 4.78 is 8.42. The van der Waals surface area contributed by atoms with E-state index >= 15 is 0 Å². The number of allylic oxidation sites excluding steroid dienone is 4. The van der Waals surface area contributed by atoms with Crippen molar-refractivity contribution in [2.75, 3.05) is 0 Å². The molecule has 0 radical (unpaired) electrons. The Balaban J connectivity index is 1.05. The van der Waals surface area contributed by atoms with Crippen LogP contribution in [0.2, 0.25) is 0 Å². The zero-order chi connectivity index (χ0) is 37.1. The summed E-state index contributed by atoms with van der Waals surface area (Å²) in [5, 5.41) is 10.8. The van der Waals surface area contributed by atoms with Gasteiger partial charge in [0.2, 0.25) is 0 Å². The lowest BCUT2D eigenvalue weighted by atomic mass is 9.73. The summed E-state index contributed by atoms with van der Waals surface area (Å²) in [6.45, 7) is 5.81. The van der Waals surface area contributed by atoms with Gasteiger partial charge in [-0.15, -0.1) is 0 Å². The Morgan fingerprint density at radius 2 is 1.58 bits per heavy atom. The molecule has 5 aromatic carbocycles. The molecule has 1 aromatic heterocycles. The van der Waals surface area contributed by atoms with Crippen molar-refractivity contribution in [3.05, 3.63) is 183 Å². The van der Waals surface area contributed by atoms with E-state index in [0.29, 0.717) is 9.64 Å². The summed E-state index contributed by atoms with van der Waals surface area (Å²) in [4.78, 5) is 0. The number of hydrogen-bond donors (Lipinski definition) is 1. The Morgan fingerprint density at radius 1 is 0.818 bits per heavy atom. The quantitative estimate of drug-likeness (QED) is 0.0946. The second-order valence-electron chi connectivity index (χ2n) is 16.2. The van der Waals surface area contributed by atoms with Gasteiger partial charge in [0.15, 0.2) is 0 Å². The number of alkyl halides is 1. The lowest BCUT2D eigenvalue weighted by molar-refractivity contribution is 0.569. The molecule has 0 fully saturated rings. The fourth-order valence-electron chi connectivity index (χ4n) is 10.0. The van der Waals surface area contributed by atoms with Gasteiger partial charge >= 0.3 is 0 Å². The molecule has 1 atom stereocenters. The van der Waals surface area contributed by atoms with Crippen LogP contribution in [-0.2, 0) is 24.8 Å². The average molecular weight is 828 g/mol. The number of aromatic nitrogens is 1. The first-order chi connectivity index (χ1) is 27.0. The van der Waals surface area contributed by atoms with E-state index in [1.54, 1.807) is 22.3 Å². The second kappa shape index (κ2) is 14.0. The Hall–Kier alpha value is -4.94. The summed E-state index contributed by atoms with van der Waals surface area (Å²) in [6, 6.07) is 41.9. The lowest BCUT2D eigenvalue weighted by Crippen LogP contribution is -2.22. The highest BCUT2D eigenvalue weighted by Crippen LogP contribution is 2.58. The minimum Gasteiger partial charge on any atom is -0.336 e. The molecule has 0 amide bonds. The molecule has 4 aliphatic rings. The van der Waals surface area contributed by atoms with Crippen molar-refractivity contribution >= 4 is 55.0 Å². The summed E-state index contributed by atoms with van der Waals surface area (Å²) in [5.41, 5.74) is 20.9. The Morgan fingerprint density at radius 3 is 2.44 bits per heavy atom. The molecule has 0 spiro atoms. The van der Waals surface area contributed by atoms with E-state index in [0.717, 1.165) is 42.6 Å². The molecule has 10 rings (SSSR count). The number of benzene rings is 5. The van der Waals surface area contributed by atoms with Crippen molar-refractivity contribution in [2.24, 2.45) is 3.15 Å². The molecular weight excluding hydrogens is 781 g/mol. The smallest absolute Gasteiger partial charge is 0.0781 e. The molecule has 0 bridgehead atoms. The van der Waals surface area contributed by atoms with E-state index in [2.05, 4.69) is 146 Å². The molecule has 4 heteroatoms. The molecule has 272 valence electrons. The molecule has 55 heavy (non-hydrogen) atoms. The van der Waals surface area contributed by atoms with Gasteiger partial charge in [-0.1, -0.05) is 129 Å². The van der Waals surface area contributed by atoms with Crippen LogP contribution < -0.4 is 0 Å². The van der Waals surface area contributed by atoms with Gasteiger partial charge in [-0.2, -0.15) is 0 Å². The highest BCUT2D eigenvalue weighted by molar-refractivity contribution is 14.2. The maximum absolute atomic E-state index is 9.54. The van der Waals surface area contributed by atoms with E-state index in [-0.39, 0.29) is 5.41 Å². The number of aryl methyl sites for hydroxylation is 1. The first kappa shape index (κ1) is 34.5. The molecule has 0 saturated heterocycles. The van der Waals surface area contributed by atoms with Crippen LogP contribution >= 0.6 is 21.0 Å². The van der Waals surface area contributed by atoms with Crippen LogP contribution in [0.4, 0.5) is 0 Å². The third kappa shape index (κ3) is 5.96. The average Bonchev–Trinajstić information content (AvgIpc) is 3.67. The molecule has 0 saturated carbocycles. The molecule has 1 N–H and O–H groups in total. The largest absolute Gasteiger partial charge is 0.336 e. The number of halogens is 1. The molecule has 4 aliphatic carbocycles. The van der Waals surface area contributed by atoms with Crippen LogP contribution in [0.3, 0.4) is 0 Å². The van der Waals surface area contributed by atoms with E-state index in [1.165, 1.54) is 75.7 Å². The Bertz CT molecular complexity index is 2630. The zero-order valence-electron chi connectivity index (χ0n) is 31.7. The SMILES string of the molecule is CC1(C)C2=C(CCCC2)c2ccc3c(c21)C(I=N/C(=C\C(=N)c1ccc2c(c1)c1c(n2Cc2ccccc2)C=CCC1)c1ccccc1)Cc1ccccc1-3. The lowest BCUT2D eigenvalue weighted by Gasteiger charge is -2.33. The minimum absolute atomic E-state index is 0.0403. The van der Waals surface area contributed by atoms with Crippen molar-refractivity contribution in [3.63, 3.8) is 0 Å². The van der Waals surface area contributed by atoms with Crippen LogP contribution in [0.5, 0.6) is 0 Å². The third-order valence-electron chi connectivity index (χ3n) is 12.6. The third-order valence-corrected chi connectivity index (χ3v) is 15.1. The molecule has 1 heterocycles. The number of nitrogens with one attached hydrogen (secondary N) is 1. The Labute approximate surface area is 335 Å². The molecule has 1 unspecified atom stereocenters. The maximum atomic E-state index is 9.54. The second-order valence-corrected chi connectivity index (χ2v) is 18.7. The maximum Gasteiger partial charge on any atom is 0.0781 e. The normalized spacial score (nSPS) is 18.4. The van der Waals surface area contributed by atoms with Crippen molar-refractivity contribution < 1.29 is 0 Å². The van der Waals surface area contributed by atoms with E-state index in [1.807, 2.05) is 6.08 Å². The fourth-order valence-corrected chi connectivity index (χ4v) is 12.7. The standard InChI is InChI=1S/C51H46IN3/c1-51(2)43-23-13-11-21-38(43)41-27-26-40-37-20-10-9-19-35(37)30-44(49(40)50(41)51)52-54-46(34-17-7-4-8-18-34)31-45(53)36-25-28-48-42(29-36)39-22-12-14-24-47(39)55(48)32-33-15-5-3-6-16-33/h3-10,14-20,24-29,31,44,53H,11-13,21-23,30,32H2,1-2H3/b46-31-,53-45?. The van der Waals surface area contributed by atoms with Gasteiger partial charge in [-0.05, 0) is 119 Å². The zero-order valence-corrected chi connectivity index (χ0v) is 33.9. The van der Waals surface area contributed by atoms with Gasteiger partial charge in [0, 0.05) is 60.7 Å². The number of hydrogen-bond acceptors (Lipinski definition) is 2. The highest BCUT2D eigenvalue weighted by Gasteiger charge is 2.43. The topological polar surface area (TPSA) is 41.1 Å². The molecule has 6 aromatic rings. The van der Waals surface area contributed by atoms with Crippen LogP contribution in [0.1, 0.15) is 100 Å². The number of nitrogens with zero attached hydrogens (tertiary/aromatic N) is 2. The first-order valence-electron chi connectivity index (χ1n) is 20.0. The van der Waals surface area contributed by atoms with Crippen LogP contribution in [0.15, 0.2) is 136 Å². The van der Waals surface area contributed by atoms with Crippen molar-refractivity contribution in [1.82, 2.24) is 4.57 Å². The van der Waals surface area contributed by atoms with Crippen LogP contribution in [0, 0.1) is 5.41 Å². The van der Waals surface area contributed by atoms with Gasteiger partial charge in [0.25, 0.3) is 0 Å². The number of fused-ring (bicyclic) bond motifs is 9. The van der Waals surface area contributed by atoms with E-state index in [4.69, 9.17) is 3.15 Å². The first-order valence-corrected chi connectivity index (χ1v) is 22.2. The van der Waals surface area contributed by atoms with Gasteiger partial charge < -0.3 is 9.98 Å². The fraction of sp³-hybridized carbons (Fsp3) is 0.235. The minimum atomic E-state index is -0.679.